The molecule has 478 valence electrons. The van der Waals surface area contributed by atoms with E-state index in [4.69, 9.17) is 13.8 Å². The summed E-state index contributed by atoms with van der Waals surface area (Å²) in [7, 11) is 1.51. The van der Waals surface area contributed by atoms with Crippen molar-refractivity contribution in [2.75, 3.05) is 40.9 Å². The third-order valence-corrected chi connectivity index (χ3v) is 17.0. The van der Waals surface area contributed by atoms with Gasteiger partial charge in [-0.1, -0.05) is 295 Å². The third-order valence-electron chi connectivity index (χ3n) is 16.1. The van der Waals surface area contributed by atoms with E-state index in [0.717, 1.165) is 57.8 Å². The lowest BCUT2D eigenvalue weighted by Crippen LogP contribution is -2.47. The molecule has 0 bridgehead atoms. The molecule has 0 radical (unpaired) electrons. The van der Waals surface area contributed by atoms with Crippen LogP contribution < -0.4 is 5.32 Å². The Morgan fingerprint density at radius 2 is 0.716 bits per heavy atom. The Bertz CT molecular complexity index is 1480. The molecule has 3 atom stereocenters. The highest BCUT2D eigenvalue weighted by Gasteiger charge is 2.30. The van der Waals surface area contributed by atoms with E-state index >= 15 is 0 Å². The van der Waals surface area contributed by atoms with E-state index in [2.05, 4.69) is 50.4 Å². The van der Waals surface area contributed by atoms with Crippen molar-refractivity contribution in [3.63, 3.8) is 0 Å². The Labute approximate surface area is 504 Å². The monoisotopic (exact) mass is 1160 g/mol. The van der Waals surface area contributed by atoms with Crippen molar-refractivity contribution in [3.8, 4) is 0 Å². The van der Waals surface area contributed by atoms with Gasteiger partial charge >= 0.3 is 13.8 Å². The number of hydrogen-bond acceptors (Lipinski definition) is 6. The van der Waals surface area contributed by atoms with Gasteiger partial charge in [0.2, 0.25) is 5.91 Å². The highest BCUT2D eigenvalue weighted by molar-refractivity contribution is 7.47. The fourth-order valence-corrected chi connectivity index (χ4v) is 11.3. The van der Waals surface area contributed by atoms with Crippen LogP contribution in [0.4, 0.5) is 0 Å². The Kier molecular flexibility index (Phi) is 60.0. The molecule has 81 heavy (non-hydrogen) atoms. The first kappa shape index (κ1) is 79.2. The molecule has 0 saturated carbocycles. The number of nitrogens with one attached hydrogen (secondary N) is 1. The lowest BCUT2D eigenvalue weighted by molar-refractivity contribution is -0.870. The summed E-state index contributed by atoms with van der Waals surface area (Å²) < 4.78 is 30.8. The van der Waals surface area contributed by atoms with Crippen molar-refractivity contribution in [3.05, 3.63) is 36.5 Å². The average Bonchev–Trinajstić information content (AvgIpc) is 3.43. The van der Waals surface area contributed by atoms with E-state index in [9.17, 15) is 19.0 Å². The van der Waals surface area contributed by atoms with Crippen LogP contribution in [-0.4, -0.2) is 74.3 Å². The van der Waals surface area contributed by atoms with Crippen LogP contribution in [0.25, 0.3) is 0 Å². The van der Waals surface area contributed by atoms with E-state index in [1.807, 2.05) is 33.3 Å². The van der Waals surface area contributed by atoms with Gasteiger partial charge in [-0.25, -0.2) is 4.57 Å². The molecule has 0 aliphatic carbocycles. The smallest absolute Gasteiger partial charge is 0.456 e. The maximum atomic E-state index is 13.6. The van der Waals surface area contributed by atoms with Crippen LogP contribution in [0.5, 0.6) is 0 Å². The molecule has 1 amide bonds. The molecule has 0 aliphatic heterocycles. The Hall–Kier alpha value is -1.77. The van der Waals surface area contributed by atoms with Crippen LogP contribution in [0.2, 0.25) is 0 Å². The molecule has 10 heteroatoms. The van der Waals surface area contributed by atoms with Gasteiger partial charge in [-0.15, -0.1) is 0 Å². The summed E-state index contributed by atoms with van der Waals surface area (Å²) in [6.45, 7) is 7.05. The predicted molar refractivity (Wildman–Crippen MR) is 351 cm³/mol. The predicted octanol–water partition coefficient (Wildman–Crippen LogP) is 22.2. The van der Waals surface area contributed by atoms with Gasteiger partial charge in [-0.2, -0.15) is 0 Å². The summed E-state index contributed by atoms with van der Waals surface area (Å²) in [6.07, 6.45) is 75.9. The lowest BCUT2D eigenvalue weighted by Gasteiger charge is -2.27. The van der Waals surface area contributed by atoms with Gasteiger partial charge in [0.15, 0.2) is 0 Å². The van der Waals surface area contributed by atoms with Crippen molar-refractivity contribution in [1.29, 1.82) is 0 Å². The number of ether oxygens (including phenoxy) is 1. The molecule has 0 aliphatic rings. The first-order valence-corrected chi connectivity index (χ1v) is 36.8. The van der Waals surface area contributed by atoms with Crippen molar-refractivity contribution < 1.29 is 37.3 Å². The Morgan fingerprint density at radius 1 is 0.420 bits per heavy atom. The fraction of sp³-hybridized carbons (Fsp3) is 0.887. The highest BCUT2D eigenvalue weighted by atomic mass is 31.2. The molecule has 0 saturated heterocycles. The zero-order valence-electron chi connectivity index (χ0n) is 54.8. The number of nitrogens with zero attached hydrogens (tertiary/aromatic N) is 1. The number of carbonyl (C=O) groups is 2. The normalized spacial score (nSPS) is 13.7. The quantitative estimate of drug-likeness (QED) is 0.0205. The van der Waals surface area contributed by atoms with Gasteiger partial charge in [-0.3, -0.25) is 18.6 Å². The Balaban J connectivity index is 4.95. The molecule has 0 fully saturated rings. The van der Waals surface area contributed by atoms with E-state index in [0.29, 0.717) is 23.9 Å². The molecule has 0 heterocycles. The second kappa shape index (κ2) is 61.3. The molecule has 2 N–H and O–H groups in total. The maximum Gasteiger partial charge on any atom is 0.472 e. The zero-order valence-corrected chi connectivity index (χ0v) is 55.7. The van der Waals surface area contributed by atoms with Crippen LogP contribution >= 0.6 is 7.82 Å². The summed E-state index contributed by atoms with van der Waals surface area (Å²) in [5.74, 6) is -0.493. The van der Waals surface area contributed by atoms with Gasteiger partial charge < -0.3 is 19.4 Å². The largest absolute Gasteiger partial charge is 0.472 e. The van der Waals surface area contributed by atoms with E-state index in [-0.39, 0.29) is 25.1 Å². The number of phosphoric ester groups is 1. The molecule has 9 nitrogen and oxygen atoms in total. The average molecular weight is 1160 g/mol. The molecular formula is C71H138N2O7P+. The summed E-state index contributed by atoms with van der Waals surface area (Å²) in [4.78, 5) is 37.8. The van der Waals surface area contributed by atoms with Crippen molar-refractivity contribution >= 4 is 19.7 Å². The minimum atomic E-state index is -4.45. The zero-order chi connectivity index (χ0) is 59.3. The minimum Gasteiger partial charge on any atom is -0.456 e. The SMILES string of the molecule is CCCCCCCC/C=C/CCCCCCCCCCCCCCCCCCCC(=O)NC(COP(=O)(O)OCC[N+](C)(C)C)C(/C=C\CCCCCCCCCCC)OC(=O)CCCCCCCCC/C=C/CCCCCCCC. The standard InChI is InChI=1S/C71H137N2O7P/c1-7-10-13-16-19-22-25-27-29-31-32-33-34-35-36-37-38-39-40-42-43-45-48-51-54-57-60-63-70(74)72-68(67-79-81(76,77)78-66-65-73(4,5)6)69(62-59-56-53-50-47-24-21-18-15-12-9-3)80-71(75)64-61-58-55-52-49-46-44-41-30-28-26-23-20-17-14-11-8-2/h27-30,59,62,68-69H,7-26,31-58,60-61,63-67H2,1-6H3,(H-,72,74,76,77)/p+1/b29-27+,30-28+,62-59-. The molecule has 0 spiro atoms. The van der Waals surface area contributed by atoms with Crippen LogP contribution in [0, 0.1) is 0 Å². The van der Waals surface area contributed by atoms with Gasteiger partial charge in [0.05, 0.1) is 33.8 Å². The van der Waals surface area contributed by atoms with Gasteiger partial charge in [0.1, 0.15) is 19.3 Å². The number of carbonyl (C=O) groups excluding carboxylic acids is 2. The molecule has 0 aromatic rings. The topological polar surface area (TPSA) is 111 Å². The van der Waals surface area contributed by atoms with Gasteiger partial charge in [-0.05, 0) is 83.1 Å². The summed E-state index contributed by atoms with van der Waals surface area (Å²) in [5, 5.41) is 3.07. The molecule has 0 aromatic heterocycles. The van der Waals surface area contributed by atoms with Gasteiger partial charge in [0.25, 0.3) is 0 Å². The number of phosphoric acid groups is 1. The van der Waals surface area contributed by atoms with Crippen LogP contribution in [-0.2, 0) is 27.9 Å². The molecule has 0 aromatic carbocycles. The minimum absolute atomic E-state index is 0.0421. The number of unbranched alkanes of at least 4 members (excludes halogenated alkanes) is 45. The number of rotatable bonds is 65. The molecule has 3 unspecified atom stereocenters. The third kappa shape index (κ3) is 62.6. The first-order chi connectivity index (χ1) is 39.4. The summed E-state index contributed by atoms with van der Waals surface area (Å²) in [5.41, 5.74) is 0. The van der Waals surface area contributed by atoms with Crippen LogP contribution in [0.1, 0.15) is 355 Å². The second-order valence-electron chi connectivity index (χ2n) is 25.4. The number of esters is 1. The number of allylic oxidation sites excluding steroid dienone is 5. The number of likely N-dealkylation sites (N-methyl/N-ethyl adjacent to an activating group) is 1. The number of amides is 1. The van der Waals surface area contributed by atoms with Crippen molar-refractivity contribution in [2.45, 2.75) is 367 Å². The lowest BCUT2D eigenvalue weighted by atomic mass is 10.0. The van der Waals surface area contributed by atoms with Crippen LogP contribution in [0.3, 0.4) is 0 Å². The van der Waals surface area contributed by atoms with Gasteiger partial charge in [0, 0.05) is 12.8 Å². The fourth-order valence-electron chi connectivity index (χ4n) is 10.6. The highest BCUT2D eigenvalue weighted by Crippen LogP contribution is 2.43. The second-order valence-corrected chi connectivity index (χ2v) is 26.9. The summed E-state index contributed by atoms with van der Waals surface area (Å²) in [6, 6.07) is -0.847. The number of quaternary nitrogens is 1. The van der Waals surface area contributed by atoms with E-state index in [1.54, 1.807) is 0 Å². The van der Waals surface area contributed by atoms with E-state index < -0.39 is 20.0 Å². The number of hydrogen-bond donors (Lipinski definition) is 2. The van der Waals surface area contributed by atoms with Crippen LogP contribution in [0.15, 0.2) is 36.5 Å². The maximum absolute atomic E-state index is 13.6. The molecular weight excluding hydrogens is 1020 g/mol. The summed E-state index contributed by atoms with van der Waals surface area (Å²) >= 11 is 0. The van der Waals surface area contributed by atoms with Crippen molar-refractivity contribution in [2.24, 2.45) is 0 Å². The first-order valence-electron chi connectivity index (χ1n) is 35.3. The Morgan fingerprint density at radius 3 is 1.05 bits per heavy atom. The van der Waals surface area contributed by atoms with Crippen molar-refractivity contribution in [1.82, 2.24) is 5.32 Å². The van der Waals surface area contributed by atoms with E-state index in [1.165, 1.54) is 263 Å². The molecule has 0 rings (SSSR count).